The van der Waals surface area contributed by atoms with Gasteiger partial charge in [0.05, 0.1) is 19.7 Å². The smallest absolute Gasteiger partial charge is 0.527 e. The van der Waals surface area contributed by atoms with Gasteiger partial charge in [0, 0.05) is 43.3 Å². The SMILES string of the molecule is CCOC(=O)ON1CCN(C(=O)[C@H](CCC(=O)O)NC(=O)c2cc(-c3cccc[n+]3[O-])nc(-c3ccccc3)n2)CC1. The molecule has 1 atom stereocenters. The summed E-state index contributed by atoms with van der Waals surface area (Å²) in [4.78, 5) is 65.2. The number of benzene rings is 1. The highest BCUT2D eigenvalue weighted by atomic mass is 16.8. The highest BCUT2D eigenvalue weighted by Gasteiger charge is 2.31. The summed E-state index contributed by atoms with van der Waals surface area (Å²) in [5.74, 6) is -2.17. The van der Waals surface area contributed by atoms with Gasteiger partial charge in [-0.2, -0.15) is 4.73 Å². The first-order valence-electron chi connectivity index (χ1n) is 13.3. The van der Waals surface area contributed by atoms with E-state index in [-0.39, 0.29) is 68.5 Å². The Labute approximate surface area is 241 Å². The van der Waals surface area contributed by atoms with E-state index in [0.29, 0.717) is 10.3 Å². The number of aromatic nitrogens is 3. The molecule has 0 aliphatic carbocycles. The summed E-state index contributed by atoms with van der Waals surface area (Å²) in [6.07, 6.45) is -0.0757. The number of hydroxylamine groups is 2. The maximum absolute atomic E-state index is 13.5. The highest BCUT2D eigenvalue weighted by Crippen LogP contribution is 2.21. The zero-order chi connectivity index (χ0) is 30.1. The summed E-state index contributed by atoms with van der Waals surface area (Å²) in [7, 11) is 0. The number of nitrogens with zero attached hydrogens (tertiary/aromatic N) is 5. The molecular formula is C28H30N6O8. The number of carbonyl (C=O) groups excluding carboxylic acids is 3. The Morgan fingerprint density at radius 1 is 1.05 bits per heavy atom. The van der Waals surface area contributed by atoms with Crippen molar-refractivity contribution in [2.75, 3.05) is 32.8 Å². The minimum Gasteiger partial charge on any atom is -0.618 e. The van der Waals surface area contributed by atoms with Gasteiger partial charge < -0.3 is 30.1 Å². The Bertz CT molecular complexity index is 1430. The van der Waals surface area contributed by atoms with E-state index in [1.54, 1.807) is 49.4 Å². The molecule has 0 unspecified atom stereocenters. The van der Waals surface area contributed by atoms with Crippen LogP contribution in [-0.4, -0.2) is 87.8 Å². The molecule has 220 valence electrons. The van der Waals surface area contributed by atoms with E-state index in [1.807, 2.05) is 6.07 Å². The molecule has 4 rings (SSSR count). The van der Waals surface area contributed by atoms with Gasteiger partial charge in [-0.05, 0) is 19.4 Å². The Morgan fingerprint density at radius 2 is 1.76 bits per heavy atom. The van der Waals surface area contributed by atoms with Gasteiger partial charge in [-0.15, -0.1) is 5.06 Å². The van der Waals surface area contributed by atoms with Gasteiger partial charge in [0.15, 0.2) is 12.0 Å². The fourth-order valence-corrected chi connectivity index (χ4v) is 4.26. The molecule has 1 aromatic carbocycles. The van der Waals surface area contributed by atoms with Crippen LogP contribution in [0.2, 0.25) is 0 Å². The van der Waals surface area contributed by atoms with Crippen LogP contribution in [0.25, 0.3) is 22.8 Å². The number of carbonyl (C=O) groups is 4. The van der Waals surface area contributed by atoms with Crippen LogP contribution in [0.3, 0.4) is 0 Å². The first-order chi connectivity index (χ1) is 20.2. The maximum atomic E-state index is 13.5. The van der Waals surface area contributed by atoms with Crippen molar-refractivity contribution in [1.82, 2.24) is 25.2 Å². The minimum atomic E-state index is -1.18. The molecule has 2 aromatic heterocycles. The van der Waals surface area contributed by atoms with Crippen LogP contribution in [0.4, 0.5) is 4.79 Å². The molecule has 1 aliphatic rings. The lowest BCUT2D eigenvalue weighted by Crippen LogP contribution is -2.55. The quantitative estimate of drug-likeness (QED) is 0.203. The van der Waals surface area contributed by atoms with Crippen LogP contribution in [-0.2, 0) is 19.2 Å². The molecule has 0 radical (unpaired) electrons. The van der Waals surface area contributed by atoms with E-state index >= 15 is 0 Å². The number of amides is 2. The molecule has 1 aliphatic heterocycles. The predicted molar refractivity (Wildman–Crippen MR) is 146 cm³/mol. The van der Waals surface area contributed by atoms with Gasteiger partial charge in [0.25, 0.3) is 5.91 Å². The van der Waals surface area contributed by atoms with E-state index in [1.165, 1.54) is 22.2 Å². The molecule has 42 heavy (non-hydrogen) atoms. The number of carboxylic acids is 1. The number of nitrogens with one attached hydrogen (secondary N) is 1. The lowest BCUT2D eigenvalue weighted by molar-refractivity contribution is -0.593. The van der Waals surface area contributed by atoms with Crippen molar-refractivity contribution in [2.45, 2.75) is 25.8 Å². The van der Waals surface area contributed by atoms with Gasteiger partial charge in [-0.1, -0.05) is 30.3 Å². The highest BCUT2D eigenvalue weighted by molar-refractivity contribution is 5.97. The Morgan fingerprint density at radius 3 is 2.43 bits per heavy atom. The average Bonchev–Trinajstić information content (AvgIpc) is 2.99. The topological polar surface area (TPSA) is 178 Å². The lowest BCUT2D eigenvalue weighted by Gasteiger charge is -2.35. The summed E-state index contributed by atoms with van der Waals surface area (Å²) < 4.78 is 5.38. The van der Waals surface area contributed by atoms with E-state index in [9.17, 15) is 29.5 Å². The largest absolute Gasteiger partial charge is 0.618 e. The normalized spacial score (nSPS) is 14.1. The molecule has 3 aromatic rings. The van der Waals surface area contributed by atoms with E-state index in [2.05, 4.69) is 15.3 Å². The van der Waals surface area contributed by atoms with Crippen molar-refractivity contribution < 1.29 is 38.6 Å². The number of hydrogen-bond donors (Lipinski definition) is 2. The van der Waals surface area contributed by atoms with Crippen LogP contribution in [0.15, 0.2) is 60.8 Å². The number of pyridine rings is 1. The van der Waals surface area contributed by atoms with Gasteiger partial charge in [0.1, 0.15) is 17.4 Å². The van der Waals surface area contributed by atoms with Crippen LogP contribution in [0.5, 0.6) is 0 Å². The number of aliphatic carboxylic acids is 1. The third-order valence-electron chi connectivity index (χ3n) is 6.34. The number of hydrogen-bond acceptors (Lipinski definition) is 10. The molecule has 14 heteroatoms. The van der Waals surface area contributed by atoms with E-state index in [4.69, 9.17) is 9.57 Å². The third kappa shape index (κ3) is 7.75. The first kappa shape index (κ1) is 29.9. The summed E-state index contributed by atoms with van der Waals surface area (Å²) in [6, 6.07) is 13.8. The summed E-state index contributed by atoms with van der Waals surface area (Å²) >= 11 is 0. The predicted octanol–water partition coefficient (Wildman–Crippen LogP) is 1.64. The van der Waals surface area contributed by atoms with Crippen LogP contribution in [0.1, 0.15) is 30.3 Å². The summed E-state index contributed by atoms with van der Waals surface area (Å²) in [5.41, 5.74) is 0.870. The van der Waals surface area contributed by atoms with E-state index < -0.39 is 30.0 Å². The molecule has 2 amide bonds. The molecule has 0 saturated carbocycles. The van der Waals surface area contributed by atoms with Crippen molar-refractivity contribution >= 4 is 23.9 Å². The standard InChI is InChI=1S/C28H30N6O8/c1-2-41-28(39)42-33-16-14-32(15-17-33)27(38)20(11-12-24(35)36)31-26(37)22-18-21(23-10-6-7-13-34(23)40)29-25(30-22)19-8-4-3-5-9-19/h3-10,13,18,20H,2,11-12,14-17H2,1H3,(H,31,37)(H,35,36)/t20-/m0/s1. The Kier molecular flexibility index (Phi) is 9.94. The van der Waals surface area contributed by atoms with Crippen molar-refractivity contribution in [3.63, 3.8) is 0 Å². The molecule has 2 N–H and O–H groups in total. The Balaban J connectivity index is 1.56. The second-order valence-corrected chi connectivity index (χ2v) is 9.23. The zero-order valence-corrected chi connectivity index (χ0v) is 22.8. The second kappa shape index (κ2) is 14.0. The molecule has 1 fully saturated rings. The van der Waals surface area contributed by atoms with Gasteiger partial charge in [-0.3, -0.25) is 14.4 Å². The van der Waals surface area contributed by atoms with Crippen molar-refractivity contribution in [3.05, 3.63) is 71.7 Å². The van der Waals surface area contributed by atoms with Gasteiger partial charge in [-0.25, -0.2) is 14.8 Å². The maximum Gasteiger partial charge on any atom is 0.527 e. The average molecular weight is 579 g/mol. The fourth-order valence-electron chi connectivity index (χ4n) is 4.26. The summed E-state index contributed by atoms with van der Waals surface area (Å²) in [6.45, 7) is 2.55. The molecule has 0 bridgehead atoms. The van der Waals surface area contributed by atoms with Crippen LogP contribution < -0.4 is 10.0 Å². The first-order valence-corrected chi connectivity index (χ1v) is 13.3. The van der Waals surface area contributed by atoms with Crippen molar-refractivity contribution in [3.8, 4) is 22.8 Å². The molecule has 14 nitrogen and oxygen atoms in total. The second-order valence-electron chi connectivity index (χ2n) is 9.23. The molecule has 1 saturated heterocycles. The number of ether oxygens (including phenoxy) is 1. The van der Waals surface area contributed by atoms with Crippen molar-refractivity contribution in [1.29, 1.82) is 0 Å². The molecule has 3 heterocycles. The van der Waals surface area contributed by atoms with Crippen LogP contribution in [0, 0.1) is 5.21 Å². The minimum absolute atomic E-state index is 0.108. The number of carboxylic acid groups (broad SMARTS) is 1. The van der Waals surface area contributed by atoms with Crippen molar-refractivity contribution in [2.24, 2.45) is 0 Å². The summed E-state index contributed by atoms with van der Waals surface area (Å²) in [5, 5.41) is 25.7. The zero-order valence-electron chi connectivity index (χ0n) is 22.8. The van der Waals surface area contributed by atoms with Gasteiger partial charge in [0.2, 0.25) is 11.6 Å². The number of piperazine rings is 1. The lowest BCUT2D eigenvalue weighted by atomic mass is 10.1. The molecular weight excluding hydrogens is 548 g/mol. The third-order valence-corrected chi connectivity index (χ3v) is 6.34. The molecule has 0 spiro atoms. The van der Waals surface area contributed by atoms with Gasteiger partial charge >= 0.3 is 12.1 Å². The van der Waals surface area contributed by atoms with E-state index in [0.717, 1.165) is 0 Å². The van der Waals surface area contributed by atoms with Crippen LogP contribution >= 0.6 is 0 Å². The monoisotopic (exact) mass is 578 g/mol. The Hall–Kier alpha value is -5.11. The fraction of sp³-hybridized carbons (Fsp3) is 0.321. The number of rotatable bonds is 10.